The Hall–Kier alpha value is -7.78. The van der Waals surface area contributed by atoms with Crippen LogP contribution in [0.1, 0.15) is 129 Å². The summed E-state index contributed by atoms with van der Waals surface area (Å²) in [7, 11) is 1.37. The van der Waals surface area contributed by atoms with Crippen molar-refractivity contribution >= 4 is 70.6 Å². The Morgan fingerprint density at radius 1 is 0.778 bits per heavy atom. The van der Waals surface area contributed by atoms with E-state index in [1.807, 2.05) is 20.8 Å². The minimum absolute atomic E-state index is 0.0278. The molecule has 81 heavy (non-hydrogen) atoms. The van der Waals surface area contributed by atoms with E-state index in [9.17, 15) is 68.1 Å². The van der Waals surface area contributed by atoms with Crippen LogP contribution in [0, 0.1) is 35.5 Å². The number of phenolic OH excluding ortho intramolecular Hbond substituents is 1. The molecule has 0 spiro atoms. The number of hydrogen-bond donors (Lipinski definition) is 9. The number of hydrogen-bond acceptors (Lipinski definition) is 13. The molecule has 0 fully saturated rings. The lowest BCUT2D eigenvalue weighted by Crippen LogP contribution is -2.49. The molecule has 0 saturated heterocycles. The number of rotatable bonds is 33. The Kier molecular flexibility index (Phi) is 29.2. The topological polar surface area (TPSA) is 364 Å². The van der Waals surface area contributed by atoms with Crippen LogP contribution in [0.25, 0.3) is 0 Å². The molecule has 22 nitrogen and oxygen atoms in total. The first kappa shape index (κ1) is 67.5. The van der Waals surface area contributed by atoms with E-state index in [-0.39, 0.29) is 107 Å². The number of nitrogens with zero attached hydrogens (tertiary/aromatic N) is 2. The molecule has 444 valence electrons. The number of ketones is 4. The highest BCUT2D eigenvalue weighted by molar-refractivity contribution is 5.98. The molecule has 1 aliphatic rings. The van der Waals surface area contributed by atoms with Gasteiger partial charge >= 0.3 is 11.9 Å². The van der Waals surface area contributed by atoms with E-state index >= 15 is 0 Å². The van der Waals surface area contributed by atoms with E-state index in [2.05, 4.69) is 26.3 Å². The third kappa shape index (κ3) is 25.1. The van der Waals surface area contributed by atoms with Crippen molar-refractivity contribution in [2.45, 2.75) is 149 Å². The number of carbonyl (C=O) groups excluding carboxylic acids is 9. The van der Waals surface area contributed by atoms with E-state index in [1.165, 1.54) is 24.1 Å². The number of aliphatic carboxylic acids is 2. The summed E-state index contributed by atoms with van der Waals surface area (Å²) in [6, 6.07) is 11.4. The normalized spacial score (nSPS) is 17.7. The molecule has 2 aromatic rings. The second-order valence-electron chi connectivity index (χ2n) is 21.4. The van der Waals surface area contributed by atoms with Crippen molar-refractivity contribution in [3.63, 3.8) is 0 Å². The van der Waals surface area contributed by atoms with E-state index in [0.717, 1.165) is 5.56 Å². The summed E-state index contributed by atoms with van der Waals surface area (Å²) in [6.45, 7) is 6.65. The van der Waals surface area contributed by atoms with Gasteiger partial charge in [0.1, 0.15) is 5.75 Å². The monoisotopic (exact) mass is 1130 g/mol. The number of aromatic hydroxyl groups is 1. The summed E-state index contributed by atoms with van der Waals surface area (Å²) in [5.74, 6) is -12.6. The van der Waals surface area contributed by atoms with Crippen molar-refractivity contribution in [1.82, 2.24) is 26.2 Å². The predicted molar refractivity (Wildman–Crippen MR) is 302 cm³/mol. The summed E-state index contributed by atoms with van der Waals surface area (Å²) in [4.78, 5) is 155. The van der Waals surface area contributed by atoms with Crippen LogP contribution < -0.4 is 32.7 Å². The molecular formula is C59H84N8O14. The zero-order chi connectivity index (χ0) is 60.2. The molecule has 11 N–H and O–H groups in total. The minimum Gasteiger partial charge on any atom is -0.508 e. The average Bonchev–Trinajstić information content (AvgIpc) is 3.42. The highest BCUT2D eigenvalue weighted by atomic mass is 16.4. The third-order valence-electron chi connectivity index (χ3n) is 14.4. The lowest BCUT2D eigenvalue weighted by atomic mass is 9.85. The molecule has 8 atom stereocenters. The maximum Gasteiger partial charge on any atom is 0.303 e. The number of carbonyl (C=O) groups is 11. The highest BCUT2D eigenvalue weighted by Gasteiger charge is 2.37. The molecule has 1 unspecified atom stereocenters. The van der Waals surface area contributed by atoms with E-state index < -0.39 is 139 Å². The van der Waals surface area contributed by atoms with Crippen molar-refractivity contribution in [3.05, 3.63) is 77.9 Å². The van der Waals surface area contributed by atoms with Crippen LogP contribution in [0.4, 0.5) is 0 Å². The van der Waals surface area contributed by atoms with E-state index in [4.69, 9.17) is 11.5 Å². The molecule has 22 heteroatoms. The molecule has 2 aromatic carbocycles. The van der Waals surface area contributed by atoms with E-state index in [0.29, 0.717) is 12.0 Å². The second kappa shape index (κ2) is 35.1. The van der Waals surface area contributed by atoms with Crippen LogP contribution in [-0.4, -0.2) is 136 Å². The summed E-state index contributed by atoms with van der Waals surface area (Å²) in [6.07, 6.45) is 1.54. The van der Waals surface area contributed by atoms with Crippen LogP contribution in [0.15, 0.2) is 71.7 Å². The number of amides is 5. The smallest absolute Gasteiger partial charge is 0.303 e. The fraction of sp³-hybridized carbons (Fsp3) is 0.559. The van der Waals surface area contributed by atoms with Crippen LogP contribution in [0.3, 0.4) is 0 Å². The molecule has 0 aromatic heterocycles. The predicted octanol–water partition coefficient (Wildman–Crippen LogP) is 3.73. The van der Waals surface area contributed by atoms with Crippen molar-refractivity contribution in [3.8, 4) is 5.75 Å². The Morgan fingerprint density at radius 3 is 2.01 bits per heavy atom. The zero-order valence-corrected chi connectivity index (χ0v) is 47.4. The number of nitrogens with one attached hydrogen (secondary N) is 4. The van der Waals surface area contributed by atoms with Gasteiger partial charge in [-0.2, -0.15) is 0 Å². The maximum atomic E-state index is 14.8. The van der Waals surface area contributed by atoms with Crippen molar-refractivity contribution < 1.29 is 68.1 Å². The molecule has 0 radical (unpaired) electrons. The van der Waals surface area contributed by atoms with Gasteiger partial charge in [0.05, 0.1) is 24.7 Å². The average molecular weight is 1130 g/mol. The number of phenols is 1. The van der Waals surface area contributed by atoms with Gasteiger partial charge in [-0.3, -0.25) is 57.7 Å². The van der Waals surface area contributed by atoms with Gasteiger partial charge in [0.25, 0.3) is 0 Å². The molecule has 0 saturated carbocycles. The number of benzene rings is 2. The van der Waals surface area contributed by atoms with Gasteiger partial charge in [0, 0.05) is 88.8 Å². The Labute approximate surface area is 474 Å². The molecular weight excluding hydrogens is 1040 g/mol. The quantitative estimate of drug-likeness (QED) is 0.0213. The Balaban J connectivity index is 1.98. The lowest BCUT2D eigenvalue weighted by molar-refractivity contribution is -0.143. The fourth-order valence-electron chi connectivity index (χ4n) is 9.63. The highest BCUT2D eigenvalue weighted by Crippen LogP contribution is 2.25. The SMILES string of the molecule is CCC(C)[C@H](CC(=O)CN1C/C=C\CCC(=O)N[C@@H](Cc2ccccc2)C(=O)C[C@@H](CCC(=O)O)C1=O)C(=O)N[C@@H](Cc1ccc(O)cc1)C(=O)C[C@@H](CCCN=C(N)N)C(=O)N[C@@H](CC(C)C)C(=O)C[C@@H](CCC(=O)O)C(=O)NC. The minimum atomic E-state index is -1.31. The molecule has 5 amide bonds. The zero-order valence-electron chi connectivity index (χ0n) is 47.4. The standard InChI is InChI=1S/C59H84N8O14/c1-6-37(4)45(34-44(69)35-67-27-12-8-11-17-52(73)64-47(29-38-14-9-7-10-15-38)51(72)33-42(58(67)81)21-25-54(76)77)57(80)66-48(30-39-18-22-43(68)23-19-39)50(71)31-40(16-13-26-63-59(60)61)56(79)65-46(28-36(2)3)49(70)32-41(55(78)62-5)20-24-53(74)75/h7-10,12,14-15,18-19,22-23,36-37,40-42,45-48,68H,6,11,13,16-17,20-21,24-35H2,1-5H3,(H,62,78)(H,64,73)(H,65,79)(H,66,80)(H,74,75)(H,76,77)(H4,60,61,63)/b12-8-/t37?,40-,41-,42-,45+,46+,47+,48+/m1/s1. The number of guanidine groups is 1. The molecule has 1 heterocycles. The van der Waals surface area contributed by atoms with Gasteiger partial charge in [-0.25, -0.2) is 0 Å². The van der Waals surface area contributed by atoms with E-state index in [1.54, 1.807) is 61.5 Å². The van der Waals surface area contributed by atoms with Crippen molar-refractivity contribution in [2.75, 3.05) is 26.7 Å². The number of allylic oxidation sites excluding steroid dienone is 1. The van der Waals surface area contributed by atoms with Gasteiger partial charge in [0.2, 0.25) is 29.5 Å². The maximum absolute atomic E-state index is 14.8. The van der Waals surface area contributed by atoms with Gasteiger partial charge in [0.15, 0.2) is 29.1 Å². The van der Waals surface area contributed by atoms with Crippen LogP contribution >= 0.6 is 0 Å². The molecule has 3 rings (SSSR count). The van der Waals surface area contributed by atoms with Crippen LogP contribution in [0.5, 0.6) is 5.75 Å². The van der Waals surface area contributed by atoms with Gasteiger partial charge in [-0.1, -0.05) is 88.7 Å². The summed E-state index contributed by atoms with van der Waals surface area (Å²) >= 11 is 0. The fourth-order valence-corrected chi connectivity index (χ4v) is 9.63. The lowest BCUT2D eigenvalue weighted by Gasteiger charge is -2.29. The van der Waals surface area contributed by atoms with Crippen LogP contribution in [0.2, 0.25) is 0 Å². The third-order valence-corrected chi connectivity index (χ3v) is 14.4. The summed E-state index contributed by atoms with van der Waals surface area (Å²) in [5, 5.41) is 40.0. The Bertz CT molecular complexity index is 2530. The Morgan fingerprint density at radius 2 is 1.41 bits per heavy atom. The van der Waals surface area contributed by atoms with Crippen molar-refractivity contribution in [2.24, 2.45) is 52.0 Å². The van der Waals surface area contributed by atoms with Gasteiger partial charge in [-0.05, 0) is 86.5 Å². The van der Waals surface area contributed by atoms with Crippen LogP contribution in [-0.2, 0) is 65.6 Å². The van der Waals surface area contributed by atoms with Crippen molar-refractivity contribution in [1.29, 1.82) is 0 Å². The first-order valence-corrected chi connectivity index (χ1v) is 27.9. The van der Waals surface area contributed by atoms with Gasteiger partial charge in [-0.15, -0.1) is 0 Å². The largest absolute Gasteiger partial charge is 0.508 e. The molecule has 0 aliphatic carbocycles. The first-order valence-electron chi connectivity index (χ1n) is 27.9. The second-order valence-corrected chi connectivity index (χ2v) is 21.4. The number of nitrogens with two attached hydrogens (primary N) is 2. The number of carboxylic acid groups (broad SMARTS) is 2. The number of Topliss-reactive ketones (excluding diaryl/α,β-unsaturated/α-hetero) is 4. The molecule has 1 aliphatic heterocycles. The first-order chi connectivity index (χ1) is 38.4. The van der Waals surface area contributed by atoms with Gasteiger partial charge < -0.3 is 53.0 Å². The number of aliphatic imine (C=N–C) groups is 1. The summed E-state index contributed by atoms with van der Waals surface area (Å²) in [5.41, 5.74) is 12.4. The summed E-state index contributed by atoms with van der Waals surface area (Å²) < 4.78 is 0. The number of carboxylic acids is 2. The molecule has 0 bridgehead atoms.